The number of carboxylic acid groups (broad SMARTS) is 1. The molecule has 0 bridgehead atoms. The van der Waals surface area contributed by atoms with Crippen LogP contribution in [0.2, 0.25) is 0 Å². The number of aromatic carboxylic acids is 1. The van der Waals surface area contributed by atoms with Crippen molar-refractivity contribution in [2.24, 2.45) is 0 Å². The van der Waals surface area contributed by atoms with E-state index in [1.807, 2.05) is 4.90 Å². The Kier molecular flexibility index (Phi) is 4.76. The highest BCUT2D eigenvalue weighted by molar-refractivity contribution is 7.07. The normalized spacial score (nSPS) is 17.4. The van der Waals surface area contributed by atoms with Crippen LogP contribution in [0.25, 0.3) is 0 Å². The van der Waals surface area contributed by atoms with Crippen molar-refractivity contribution in [1.82, 2.24) is 4.90 Å². The van der Waals surface area contributed by atoms with Crippen LogP contribution in [0.1, 0.15) is 46.8 Å². The van der Waals surface area contributed by atoms with Gasteiger partial charge in [-0.25, -0.2) is 4.79 Å². The third-order valence-corrected chi connectivity index (χ3v) is 5.03. The minimum atomic E-state index is -0.928. The second-order valence-electron chi connectivity index (χ2n) is 5.80. The lowest BCUT2D eigenvalue weighted by Crippen LogP contribution is -2.30. The minimum absolute atomic E-state index is 0.181. The van der Waals surface area contributed by atoms with E-state index in [-0.39, 0.29) is 17.5 Å². The summed E-state index contributed by atoms with van der Waals surface area (Å²) in [6, 6.07) is 9.08. The molecule has 1 aliphatic rings. The minimum Gasteiger partial charge on any atom is -0.478 e. The number of aryl methyl sites for hydroxylation is 1. The third kappa shape index (κ3) is 3.62. The van der Waals surface area contributed by atoms with Crippen LogP contribution < -0.4 is 0 Å². The standard InChI is InChI=1S/C18H19NO3S/c20-17(8-5-13-3-6-14(7-4-13)18(21)22)19-10-1-2-16(19)15-9-11-23-12-15/h3-4,6-7,9,11-12,16H,1-2,5,8,10H2,(H,21,22)/t16-/m0/s1. The van der Waals surface area contributed by atoms with Crippen LogP contribution in [0.5, 0.6) is 0 Å². The molecule has 1 aromatic carbocycles. The molecule has 23 heavy (non-hydrogen) atoms. The molecule has 5 heteroatoms. The average Bonchev–Trinajstić information content (AvgIpc) is 3.23. The second kappa shape index (κ2) is 6.96. The Bertz CT molecular complexity index is 679. The maximum Gasteiger partial charge on any atom is 0.335 e. The zero-order valence-electron chi connectivity index (χ0n) is 12.8. The maximum absolute atomic E-state index is 12.5. The Hall–Kier alpha value is -2.14. The highest BCUT2D eigenvalue weighted by Gasteiger charge is 2.29. The van der Waals surface area contributed by atoms with Gasteiger partial charge >= 0.3 is 5.97 Å². The molecule has 120 valence electrons. The van der Waals surface area contributed by atoms with Gasteiger partial charge in [0.25, 0.3) is 0 Å². The van der Waals surface area contributed by atoms with Crippen LogP contribution in [0.4, 0.5) is 0 Å². The molecule has 0 aliphatic carbocycles. The second-order valence-corrected chi connectivity index (χ2v) is 6.58. The number of nitrogens with zero attached hydrogens (tertiary/aromatic N) is 1. The molecule has 2 heterocycles. The third-order valence-electron chi connectivity index (χ3n) is 4.33. The summed E-state index contributed by atoms with van der Waals surface area (Å²) in [4.78, 5) is 25.4. The van der Waals surface area contributed by atoms with Crippen molar-refractivity contribution in [2.75, 3.05) is 6.54 Å². The highest BCUT2D eigenvalue weighted by atomic mass is 32.1. The van der Waals surface area contributed by atoms with E-state index >= 15 is 0 Å². The number of carbonyl (C=O) groups is 2. The number of rotatable bonds is 5. The van der Waals surface area contributed by atoms with E-state index < -0.39 is 5.97 Å². The van der Waals surface area contributed by atoms with Crippen LogP contribution in [-0.4, -0.2) is 28.4 Å². The summed E-state index contributed by atoms with van der Waals surface area (Å²) in [6.07, 6.45) is 3.20. The Balaban J connectivity index is 1.59. The summed E-state index contributed by atoms with van der Waals surface area (Å²) in [5.74, 6) is -0.746. The molecule has 1 fully saturated rings. The molecule has 0 spiro atoms. The SMILES string of the molecule is O=C(O)c1ccc(CCC(=O)N2CCC[C@H]2c2ccsc2)cc1. The summed E-state index contributed by atoms with van der Waals surface area (Å²) in [5, 5.41) is 13.1. The lowest BCUT2D eigenvalue weighted by atomic mass is 10.1. The Labute approximate surface area is 139 Å². The van der Waals surface area contributed by atoms with Crippen molar-refractivity contribution < 1.29 is 14.7 Å². The van der Waals surface area contributed by atoms with Gasteiger partial charge in [0.05, 0.1) is 11.6 Å². The van der Waals surface area contributed by atoms with Crippen LogP contribution >= 0.6 is 11.3 Å². The first kappa shape index (κ1) is 15.7. The van der Waals surface area contributed by atoms with Crippen LogP contribution in [0, 0.1) is 0 Å². The van der Waals surface area contributed by atoms with Gasteiger partial charge in [0.1, 0.15) is 0 Å². The van der Waals surface area contributed by atoms with Crippen molar-refractivity contribution in [3.05, 3.63) is 57.8 Å². The molecule has 2 aromatic rings. The first-order valence-corrected chi connectivity index (χ1v) is 8.73. The number of likely N-dealkylation sites (tertiary alicyclic amines) is 1. The molecular weight excluding hydrogens is 310 g/mol. The number of carbonyl (C=O) groups excluding carboxylic acids is 1. The fourth-order valence-electron chi connectivity index (χ4n) is 3.09. The zero-order chi connectivity index (χ0) is 16.2. The van der Waals surface area contributed by atoms with Gasteiger partial charge in [-0.2, -0.15) is 11.3 Å². The van der Waals surface area contributed by atoms with Crippen molar-refractivity contribution in [3.63, 3.8) is 0 Å². The molecule has 1 atom stereocenters. The van der Waals surface area contributed by atoms with Crippen LogP contribution in [-0.2, 0) is 11.2 Å². The number of benzene rings is 1. The first-order chi connectivity index (χ1) is 11.1. The van der Waals surface area contributed by atoms with Gasteiger partial charge in [-0.15, -0.1) is 0 Å². The zero-order valence-corrected chi connectivity index (χ0v) is 13.6. The fourth-order valence-corrected chi connectivity index (χ4v) is 3.79. The maximum atomic E-state index is 12.5. The molecule has 1 saturated heterocycles. The number of carboxylic acids is 1. The van der Waals surface area contributed by atoms with Gasteiger partial charge < -0.3 is 10.0 Å². The topological polar surface area (TPSA) is 57.6 Å². The van der Waals surface area contributed by atoms with Crippen molar-refractivity contribution >= 4 is 23.2 Å². The van der Waals surface area contributed by atoms with Crippen molar-refractivity contribution in [3.8, 4) is 0 Å². The monoisotopic (exact) mass is 329 g/mol. The van der Waals surface area contributed by atoms with E-state index in [1.165, 1.54) is 5.56 Å². The molecule has 1 aliphatic heterocycles. The number of thiophene rings is 1. The van der Waals surface area contributed by atoms with Crippen molar-refractivity contribution in [2.45, 2.75) is 31.7 Å². The molecule has 1 amide bonds. The van der Waals surface area contributed by atoms with E-state index in [1.54, 1.807) is 35.6 Å². The predicted octanol–water partition coefficient (Wildman–Crippen LogP) is 3.74. The molecule has 1 aromatic heterocycles. The first-order valence-electron chi connectivity index (χ1n) is 7.79. The van der Waals surface area contributed by atoms with Gasteiger partial charge in [-0.1, -0.05) is 12.1 Å². The highest BCUT2D eigenvalue weighted by Crippen LogP contribution is 2.33. The van der Waals surface area contributed by atoms with Gasteiger partial charge in [0, 0.05) is 13.0 Å². The summed E-state index contributed by atoms with van der Waals surface area (Å²) in [5.41, 5.74) is 2.51. The molecule has 0 saturated carbocycles. The van der Waals surface area contributed by atoms with E-state index in [2.05, 4.69) is 16.8 Å². The molecule has 3 rings (SSSR count). The summed E-state index contributed by atoms with van der Waals surface area (Å²) in [7, 11) is 0. The molecule has 4 nitrogen and oxygen atoms in total. The van der Waals surface area contributed by atoms with Crippen molar-refractivity contribution in [1.29, 1.82) is 0 Å². The predicted molar refractivity (Wildman–Crippen MR) is 89.7 cm³/mol. The smallest absolute Gasteiger partial charge is 0.335 e. The van der Waals surface area contributed by atoms with Gasteiger partial charge in [0.15, 0.2) is 0 Å². The lowest BCUT2D eigenvalue weighted by molar-refractivity contribution is -0.132. The summed E-state index contributed by atoms with van der Waals surface area (Å²) >= 11 is 1.67. The van der Waals surface area contributed by atoms with Crippen LogP contribution in [0.3, 0.4) is 0 Å². The number of amides is 1. The lowest BCUT2D eigenvalue weighted by Gasteiger charge is -2.24. The Morgan fingerprint density at radius 3 is 2.65 bits per heavy atom. The largest absolute Gasteiger partial charge is 0.478 e. The van der Waals surface area contributed by atoms with E-state index in [0.29, 0.717) is 12.8 Å². The van der Waals surface area contributed by atoms with Gasteiger partial charge in [0.2, 0.25) is 5.91 Å². The number of hydrogen-bond acceptors (Lipinski definition) is 3. The summed E-state index contributed by atoms with van der Waals surface area (Å²) in [6.45, 7) is 0.831. The van der Waals surface area contributed by atoms with E-state index in [0.717, 1.165) is 24.9 Å². The Morgan fingerprint density at radius 2 is 2.00 bits per heavy atom. The molecule has 0 radical (unpaired) electrons. The molecule has 1 N–H and O–H groups in total. The van der Waals surface area contributed by atoms with E-state index in [9.17, 15) is 9.59 Å². The van der Waals surface area contributed by atoms with Crippen LogP contribution in [0.15, 0.2) is 41.1 Å². The average molecular weight is 329 g/mol. The van der Waals surface area contributed by atoms with Gasteiger partial charge in [-0.3, -0.25) is 4.79 Å². The van der Waals surface area contributed by atoms with Gasteiger partial charge in [-0.05, 0) is 59.3 Å². The quantitative estimate of drug-likeness (QED) is 0.909. The fraction of sp³-hybridized carbons (Fsp3) is 0.333. The molecular formula is C18H19NO3S. The van der Waals surface area contributed by atoms with E-state index in [4.69, 9.17) is 5.11 Å². The summed E-state index contributed by atoms with van der Waals surface area (Å²) < 4.78 is 0. The number of hydrogen-bond donors (Lipinski definition) is 1. The molecule has 0 unspecified atom stereocenters. The Morgan fingerprint density at radius 1 is 1.22 bits per heavy atom.